The predicted molar refractivity (Wildman–Crippen MR) is 52.4 cm³/mol. The van der Waals surface area contributed by atoms with Gasteiger partial charge in [-0.25, -0.2) is 0 Å². The molecule has 1 saturated heterocycles. The lowest BCUT2D eigenvalue weighted by atomic mass is 10.1. The predicted octanol–water partition coefficient (Wildman–Crippen LogP) is -0.811. The van der Waals surface area contributed by atoms with Gasteiger partial charge in [-0.1, -0.05) is 5.92 Å². The summed E-state index contributed by atoms with van der Waals surface area (Å²) >= 11 is 3.95. The molecule has 1 fully saturated rings. The Kier molecular flexibility index (Phi) is 3.64. The highest BCUT2D eigenvalue weighted by molar-refractivity contribution is 7.80. The van der Waals surface area contributed by atoms with Gasteiger partial charge in [0.2, 0.25) is 5.60 Å². The van der Waals surface area contributed by atoms with Crippen LogP contribution in [0.3, 0.4) is 0 Å². The second-order valence-electron chi connectivity index (χ2n) is 3.12. The van der Waals surface area contributed by atoms with E-state index < -0.39 is 5.60 Å². The van der Waals surface area contributed by atoms with Crippen LogP contribution in [0.25, 0.3) is 0 Å². The number of quaternary nitrogens is 1. The molecular weight excluding hydrogens is 186 g/mol. The highest BCUT2D eigenvalue weighted by Crippen LogP contribution is 2.16. The molecule has 0 aliphatic carbocycles. The molecule has 0 spiro atoms. The normalized spacial score (nSPS) is 26.8. The molecule has 0 aromatic rings. The zero-order valence-corrected chi connectivity index (χ0v) is 8.35. The Bertz CT molecular complexity index is 228. The van der Waals surface area contributed by atoms with Crippen molar-refractivity contribution >= 4 is 18.6 Å². The number of carbonyl (C=O) groups is 1. The van der Waals surface area contributed by atoms with E-state index in [1.807, 2.05) is 0 Å². The summed E-state index contributed by atoms with van der Waals surface area (Å²) in [6.07, 6.45) is 6.42. The second-order valence-corrected chi connectivity index (χ2v) is 3.56. The van der Waals surface area contributed by atoms with Crippen molar-refractivity contribution in [3.05, 3.63) is 0 Å². The van der Waals surface area contributed by atoms with Crippen LogP contribution in [-0.2, 0) is 9.53 Å². The number of carbonyl (C=O) groups excluding carboxylic acids is 1. The number of nitrogens with two attached hydrogens (primary N) is 1. The van der Waals surface area contributed by atoms with Crippen LogP contribution in [0, 0.1) is 12.3 Å². The maximum atomic E-state index is 11.2. The van der Waals surface area contributed by atoms with E-state index in [4.69, 9.17) is 11.2 Å². The number of hydrogen-bond donors (Lipinski definition) is 2. The van der Waals surface area contributed by atoms with Crippen LogP contribution < -0.4 is 5.32 Å². The van der Waals surface area contributed by atoms with Crippen molar-refractivity contribution in [2.75, 3.05) is 18.8 Å². The first-order valence-electron chi connectivity index (χ1n) is 4.34. The summed E-state index contributed by atoms with van der Waals surface area (Å²) in [5.74, 6) is 2.82. The summed E-state index contributed by atoms with van der Waals surface area (Å²) in [6.45, 7) is 1.61. The van der Waals surface area contributed by atoms with Gasteiger partial charge in [0.1, 0.15) is 6.54 Å². The first-order valence-corrected chi connectivity index (χ1v) is 4.98. The van der Waals surface area contributed by atoms with Crippen LogP contribution in [-0.4, -0.2) is 30.4 Å². The van der Waals surface area contributed by atoms with Crippen molar-refractivity contribution in [3.8, 4) is 12.3 Å². The maximum absolute atomic E-state index is 11.2. The molecule has 13 heavy (non-hydrogen) atoms. The molecule has 0 bridgehead atoms. The molecule has 2 N–H and O–H groups in total. The van der Waals surface area contributed by atoms with Crippen molar-refractivity contribution < 1.29 is 14.8 Å². The van der Waals surface area contributed by atoms with E-state index in [0.717, 1.165) is 13.0 Å². The summed E-state index contributed by atoms with van der Waals surface area (Å²) in [7, 11) is 0. The van der Waals surface area contributed by atoms with Gasteiger partial charge >= 0.3 is 5.97 Å². The average molecular weight is 200 g/mol. The Hall–Kier alpha value is -0.660. The van der Waals surface area contributed by atoms with Crippen molar-refractivity contribution in [2.45, 2.75) is 18.4 Å². The quantitative estimate of drug-likeness (QED) is 0.355. The van der Waals surface area contributed by atoms with Crippen molar-refractivity contribution in [1.29, 1.82) is 0 Å². The highest BCUT2D eigenvalue weighted by atomic mass is 32.1. The summed E-state index contributed by atoms with van der Waals surface area (Å²) in [4.78, 5) is 11.2. The third-order valence-corrected chi connectivity index (χ3v) is 2.34. The summed E-state index contributed by atoms with van der Waals surface area (Å²) in [5.41, 5.74) is -0.653. The van der Waals surface area contributed by atoms with Gasteiger partial charge in [-0.05, 0) is 0 Å². The Morgan fingerprint density at radius 1 is 1.77 bits per heavy atom. The Balaban J connectivity index is 2.49. The van der Waals surface area contributed by atoms with Crippen molar-refractivity contribution in [3.63, 3.8) is 0 Å². The molecule has 0 amide bonds. The molecule has 1 aliphatic heterocycles. The van der Waals surface area contributed by atoms with E-state index in [2.05, 4.69) is 23.9 Å². The number of terminal acetylenes is 1. The molecule has 72 valence electrons. The summed E-state index contributed by atoms with van der Waals surface area (Å²) < 4.78 is 5.23. The zero-order chi connectivity index (χ0) is 9.73. The molecule has 0 aromatic carbocycles. The fourth-order valence-electron chi connectivity index (χ4n) is 1.39. The van der Waals surface area contributed by atoms with E-state index in [-0.39, 0.29) is 5.97 Å². The van der Waals surface area contributed by atoms with Crippen LogP contribution in [0.1, 0.15) is 12.8 Å². The Morgan fingerprint density at radius 2 is 2.54 bits per heavy atom. The van der Waals surface area contributed by atoms with Gasteiger partial charge in [-0.3, -0.25) is 4.79 Å². The van der Waals surface area contributed by atoms with Crippen LogP contribution in [0.5, 0.6) is 0 Å². The highest BCUT2D eigenvalue weighted by Gasteiger charge is 2.38. The molecule has 1 rings (SSSR count). The number of thiol groups is 1. The van der Waals surface area contributed by atoms with E-state index in [1.165, 1.54) is 0 Å². The number of hydrogen-bond acceptors (Lipinski definition) is 3. The third kappa shape index (κ3) is 2.64. The maximum Gasteiger partial charge on any atom is 0.308 e. The minimum absolute atomic E-state index is 0.247. The minimum Gasteiger partial charge on any atom is -0.439 e. The van der Waals surface area contributed by atoms with Crippen LogP contribution in [0.4, 0.5) is 0 Å². The van der Waals surface area contributed by atoms with E-state index in [1.54, 1.807) is 0 Å². The fourth-order valence-corrected chi connectivity index (χ4v) is 1.57. The molecule has 0 aromatic heterocycles. The lowest BCUT2D eigenvalue weighted by Crippen LogP contribution is -2.82. The zero-order valence-electron chi connectivity index (χ0n) is 7.45. The molecule has 1 atom stereocenters. The van der Waals surface area contributed by atoms with Gasteiger partial charge in [-0.15, -0.1) is 6.42 Å². The van der Waals surface area contributed by atoms with Crippen molar-refractivity contribution in [1.82, 2.24) is 0 Å². The topological polar surface area (TPSA) is 42.9 Å². The SMILES string of the molecule is C#CC1(OC(=O)CCS)CC[NH2+]C1. The summed E-state index contributed by atoms with van der Waals surface area (Å²) in [5, 5.41) is 2.06. The molecule has 3 nitrogen and oxygen atoms in total. The first-order chi connectivity index (χ1) is 6.22. The van der Waals surface area contributed by atoms with Gasteiger partial charge in [-0.2, -0.15) is 12.6 Å². The third-order valence-electron chi connectivity index (χ3n) is 2.11. The molecule has 1 unspecified atom stereocenters. The van der Waals surface area contributed by atoms with E-state index >= 15 is 0 Å². The van der Waals surface area contributed by atoms with Crippen LogP contribution >= 0.6 is 12.6 Å². The Labute approximate surface area is 83.6 Å². The second kappa shape index (κ2) is 4.54. The standard InChI is InChI=1S/C9H13NO2S/c1-2-9(4-5-10-7-9)12-8(11)3-6-13/h1,10,13H,3-7H2/p+1. The molecular formula is C9H14NO2S+. The summed E-state index contributed by atoms with van der Waals surface area (Å²) in [6, 6.07) is 0. The number of rotatable bonds is 3. The van der Waals surface area contributed by atoms with Crippen LogP contribution in [0.15, 0.2) is 0 Å². The molecule has 4 heteroatoms. The van der Waals surface area contributed by atoms with E-state index in [0.29, 0.717) is 18.7 Å². The lowest BCUT2D eigenvalue weighted by Gasteiger charge is -2.19. The average Bonchev–Trinajstić information content (AvgIpc) is 2.54. The van der Waals surface area contributed by atoms with E-state index in [9.17, 15) is 4.79 Å². The van der Waals surface area contributed by atoms with Crippen LogP contribution in [0.2, 0.25) is 0 Å². The van der Waals surface area contributed by atoms with Gasteiger partial charge in [0, 0.05) is 5.75 Å². The molecule has 1 aliphatic rings. The number of esters is 1. The monoisotopic (exact) mass is 200 g/mol. The number of ether oxygens (including phenoxy) is 1. The van der Waals surface area contributed by atoms with Crippen molar-refractivity contribution in [2.24, 2.45) is 0 Å². The Morgan fingerprint density at radius 3 is 3.00 bits per heavy atom. The molecule has 0 radical (unpaired) electrons. The van der Waals surface area contributed by atoms with Gasteiger partial charge < -0.3 is 10.1 Å². The smallest absolute Gasteiger partial charge is 0.308 e. The van der Waals surface area contributed by atoms with Gasteiger partial charge in [0.05, 0.1) is 19.4 Å². The lowest BCUT2D eigenvalue weighted by molar-refractivity contribution is -0.640. The first kappa shape index (κ1) is 10.4. The minimum atomic E-state index is -0.653. The van der Waals surface area contributed by atoms with Gasteiger partial charge in [0.25, 0.3) is 0 Å². The molecule has 1 heterocycles. The fraction of sp³-hybridized carbons (Fsp3) is 0.667. The largest absolute Gasteiger partial charge is 0.439 e. The molecule has 0 saturated carbocycles. The van der Waals surface area contributed by atoms with Gasteiger partial charge in [0.15, 0.2) is 0 Å².